The van der Waals surface area contributed by atoms with Crippen LogP contribution in [0, 0.1) is 0 Å². The standard InChI is InChI=1S/C17H23F3N4O3/c1-2-5-21-14(25)11-23-6-8-24(9-7-23)16(26)13-3-4-15(22-10-13)27-12-17(18,19)20/h3-4,10H,2,5-9,11-12H2,1H3,(H,21,25). The molecule has 0 bridgehead atoms. The van der Waals surface area contributed by atoms with Gasteiger partial charge in [-0.25, -0.2) is 4.98 Å². The van der Waals surface area contributed by atoms with Crippen LogP contribution in [0.3, 0.4) is 0 Å². The quantitative estimate of drug-likeness (QED) is 0.762. The average molecular weight is 388 g/mol. The van der Waals surface area contributed by atoms with Crippen molar-refractivity contribution in [1.82, 2.24) is 20.1 Å². The Balaban J connectivity index is 1.80. The lowest BCUT2D eigenvalue weighted by molar-refractivity contribution is -0.154. The lowest BCUT2D eigenvalue weighted by atomic mass is 10.2. The van der Waals surface area contributed by atoms with Gasteiger partial charge in [0.2, 0.25) is 11.8 Å². The summed E-state index contributed by atoms with van der Waals surface area (Å²) in [6, 6.07) is 2.64. The van der Waals surface area contributed by atoms with E-state index in [2.05, 4.69) is 15.0 Å². The minimum Gasteiger partial charge on any atom is -0.468 e. The number of ether oxygens (including phenoxy) is 1. The number of amides is 2. The van der Waals surface area contributed by atoms with E-state index in [4.69, 9.17) is 0 Å². The second-order valence-electron chi connectivity index (χ2n) is 6.21. The number of carbonyl (C=O) groups is 2. The first-order valence-electron chi connectivity index (χ1n) is 8.72. The highest BCUT2D eigenvalue weighted by Gasteiger charge is 2.29. The minimum atomic E-state index is -4.44. The number of piperazine rings is 1. The first kappa shape index (κ1) is 20.9. The predicted octanol–water partition coefficient (Wildman–Crippen LogP) is 1.31. The van der Waals surface area contributed by atoms with E-state index in [1.165, 1.54) is 18.3 Å². The Bertz CT molecular complexity index is 629. The van der Waals surface area contributed by atoms with Crippen LogP contribution in [0.5, 0.6) is 5.88 Å². The maximum atomic E-state index is 12.5. The van der Waals surface area contributed by atoms with Crippen LogP contribution in [0.1, 0.15) is 23.7 Å². The molecule has 0 spiro atoms. The zero-order chi connectivity index (χ0) is 19.9. The van der Waals surface area contributed by atoms with Gasteiger partial charge < -0.3 is 15.0 Å². The summed E-state index contributed by atoms with van der Waals surface area (Å²) in [5.41, 5.74) is 0.281. The van der Waals surface area contributed by atoms with E-state index in [0.717, 1.165) is 6.42 Å². The third-order valence-electron chi connectivity index (χ3n) is 3.97. The summed E-state index contributed by atoms with van der Waals surface area (Å²) in [5.74, 6) is -0.470. The van der Waals surface area contributed by atoms with Gasteiger partial charge in [-0.2, -0.15) is 13.2 Å². The molecule has 1 fully saturated rings. The van der Waals surface area contributed by atoms with Crippen molar-refractivity contribution in [2.24, 2.45) is 0 Å². The number of rotatable bonds is 7. The molecule has 7 nitrogen and oxygen atoms in total. The smallest absolute Gasteiger partial charge is 0.422 e. The number of halogens is 3. The lowest BCUT2D eigenvalue weighted by Crippen LogP contribution is -2.51. The van der Waals surface area contributed by atoms with Crippen molar-refractivity contribution in [3.63, 3.8) is 0 Å². The molecular weight excluding hydrogens is 365 g/mol. The van der Waals surface area contributed by atoms with Crippen LogP contribution >= 0.6 is 0 Å². The number of carbonyl (C=O) groups excluding carboxylic acids is 2. The van der Waals surface area contributed by atoms with Crippen molar-refractivity contribution in [3.05, 3.63) is 23.9 Å². The molecule has 2 rings (SSSR count). The molecule has 1 aromatic heterocycles. The first-order valence-corrected chi connectivity index (χ1v) is 8.72. The molecule has 10 heteroatoms. The SMILES string of the molecule is CCCNC(=O)CN1CCN(C(=O)c2ccc(OCC(F)(F)F)nc2)CC1. The van der Waals surface area contributed by atoms with Crippen molar-refractivity contribution in [2.45, 2.75) is 19.5 Å². The third-order valence-corrected chi connectivity index (χ3v) is 3.97. The van der Waals surface area contributed by atoms with E-state index < -0.39 is 12.8 Å². The zero-order valence-corrected chi connectivity index (χ0v) is 15.1. The molecule has 1 aromatic rings. The van der Waals surface area contributed by atoms with E-state index in [1.807, 2.05) is 11.8 Å². The van der Waals surface area contributed by atoms with E-state index in [-0.39, 0.29) is 23.3 Å². The molecule has 2 heterocycles. The highest BCUT2D eigenvalue weighted by atomic mass is 19.4. The summed E-state index contributed by atoms with van der Waals surface area (Å²) < 4.78 is 40.9. The molecule has 27 heavy (non-hydrogen) atoms. The molecule has 0 radical (unpaired) electrons. The van der Waals surface area contributed by atoms with Crippen LogP contribution in [0.25, 0.3) is 0 Å². The molecule has 150 valence electrons. The largest absolute Gasteiger partial charge is 0.468 e. The molecule has 0 atom stereocenters. The highest BCUT2D eigenvalue weighted by Crippen LogP contribution is 2.17. The van der Waals surface area contributed by atoms with Crippen molar-refractivity contribution >= 4 is 11.8 Å². The van der Waals surface area contributed by atoms with E-state index in [9.17, 15) is 22.8 Å². The molecule has 0 saturated carbocycles. The summed E-state index contributed by atoms with van der Waals surface area (Å²) in [7, 11) is 0. The Morgan fingerprint density at radius 3 is 2.48 bits per heavy atom. The maximum absolute atomic E-state index is 12.5. The van der Waals surface area contributed by atoms with Crippen molar-refractivity contribution in [1.29, 1.82) is 0 Å². The second kappa shape index (κ2) is 9.54. The van der Waals surface area contributed by atoms with Crippen LogP contribution < -0.4 is 10.1 Å². The van der Waals surface area contributed by atoms with Crippen molar-refractivity contribution in [3.8, 4) is 5.88 Å². The number of pyridine rings is 1. The molecule has 0 unspecified atom stereocenters. The number of nitrogens with zero attached hydrogens (tertiary/aromatic N) is 3. The number of nitrogens with one attached hydrogen (secondary N) is 1. The maximum Gasteiger partial charge on any atom is 0.422 e. The summed E-state index contributed by atoms with van der Waals surface area (Å²) in [5, 5.41) is 2.81. The van der Waals surface area contributed by atoms with Crippen LogP contribution in [0.2, 0.25) is 0 Å². The predicted molar refractivity (Wildman–Crippen MR) is 91.4 cm³/mol. The molecule has 1 aliphatic rings. The van der Waals surface area contributed by atoms with Gasteiger partial charge in [-0.15, -0.1) is 0 Å². The molecule has 1 aliphatic heterocycles. The van der Waals surface area contributed by atoms with Crippen LogP contribution in [-0.4, -0.2) is 78.6 Å². The van der Waals surface area contributed by atoms with Gasteiger partial charge in [-0.05, 0) is 12.5 Å². The molecule has 0 aliphatic carbocycles. The Kier molecular flexibility index (Phi) is 7.40. The fraction of sp³-hybridized carbons (Fsp3) is 0.588. The van der Waals surface area contributed by atoms with Crippen LogP contribution in [0.4, 0.5) is 13.2 Å². The van der Waals surface area contributed by atoms with Gasteiger partial charge in [0, 0.05) is 45.0 Å². The Morgan fingerprint density at radius 2 is 1.93 bits per heavy atom. The van der Waals surface area contributed by atoms with Gasteiger partial charge in [0.15, 0.2) is 6.61 Å². The van der Waals surface area contributed by atoms with Crippen molar-refractivity contribution < 1.29 is 27.5 Å². The topological polar surface area (TPSA) is 74.8 Å². The molecular formula is C17H23F3N4O3. The van der Waals surface area contributed by atoms with E-state index in [0.29, 0.717) is 39.3 Å². The van der Waals surface area contributed by atoms with Crippen LogP contribution in [-0.2, 0) is 4.79 Å². The van der Waals surface area contributed by atoms with E-state index >= 15 is 0 Å². The molecule has 1 saturated heterocycles. The highest BCUT2D eigenvalue weighted by molar-refractivity contribution is 5.94. The van der Waals surface area contributed by atoms with Crippen molar-refractivity contribution in [2.75, 3.05) is 45.9 Å². The first-order chi connectivity index (χ1) is 12.8. The van der Waals surface area contributed by atoms with Gasteiger partial charge in [0.1, 0.15) is 0 Å². The van der Waals surface area contributed by atoms with Crippen LogP contribution in [0.15, 0.2) is 18.3 Å². The molecule has 2 amide bonds. The average Bonchev–Trinajstić information content (AvgIpc) is 2.64. The Morgan fingerprint density at radius 1 is 1.22 bits per heavy atom. The Labute approximate surface area is 155 Å². The molecule has 1 N–H and O–H groups in total. The van der Waals surface area contributed by atoms with Gasteiger partial charge >= 0.3 is 6.18 Å². The summed E-state index contributed by atoms with van der Waals surface area (Å²) >= 11 is 0. The van der Waals surface area contributed by atoms with Gasteiger partial charge in [0.05, 0.1) is 12.1 Å². The lowest BCUT2D eigenvalue weighted by Gasteiger charge is -2.34. The number of hydrogen-bond acceptors (Lipinski definition) is 5. The van der Waals surface area contributed by atoms with Gasteiger partial charge in [0.25, 0.3) is 5.91 Å². The van der Waals surface area contributed by atoms with E-state index in [1.54, 1.807) is 4.90 Å². The summed E-state index contributed by atoms with van der Waals surface area (Å²) in [6.45, 7) is 3.58. The second-order valence-corrected chi connectivity index (χ2v) is 6.21. The molecule has 0 aromatic carbocycles. The van der Waals surface area contributed by atoms with Gasteiger partial charge in [-0.3, -0.25) is 14.5 Å². The summed E-state index contributed by atoms with van der Waals surface area (Å²) in [6.07, 6.45) is -2.36. The number of aromatic nitrogens is 1. The fourth-order valence-corrected chi connectivity index (χ4v) is 2.56. The van der Waals surface area contributed by atoms with Gasteiger partial charge in [-0.1, -0.05) is 6.92 Å². The normalized spacial score (nSPS) is 15.5. The minimum absolute atomic E-state index is 0.0322. The summed E-state index contributed by atoms with van der Waals surface area (Å²) in [4.78, 5) is 31.5. The zero-order valence-electron chi connectivity index (χ0n) is 15.1. The third kappa shape index (κ3) is 7.05. The number of hydrogen-bond donors (Lipinski definition) is 1. The monoisotopic (exact) mass is 388 g/mol. The number of alkyl halides is 3. The Hall–Kier alpha value is -2.36. The fourth-order valence-electron chi connectivity index (χ4n) is 2.56.